The zero-order chi connectivity index (χ0) is 11.0. The van der Waals surface area contributed by atoms with Crippen molar-refractivity contribution in [3.8, 4) is 5.75 Å². The Balaban J connectivity index is 2.47. The molecular weight excluding hydrogens is 192 g/mol. The molecule has 15 heavy (non-hydrogen) atoms. The minimum atomic E-state index is -0.605. The number of likely N-dealkylation sites (N-methyl/N-ethyl adjacent to an activating group) is 1. The third kappa shape index (κ3) is 1.66. The first-order valence-electron chi connectivity index (χ1n) is 4.96. The Morgan fingerprint density at radius 1 is 1.53 bits per heavy atom. The number of benzene rings is 1. The summed E-state index contributed by atoms with van der Waals surface area (Å²) in [7, 11) is 3.58. The summed E-state index contributed by atoms with van der Waals surface area (Å²) in [5.74, 6) is 0.746. The highest BCUT2D eigenvalue weighted by atomic mass is 16.5. The van der Waals surface area contributed by atoms with Gasteiger partial charge in [0.2, 0.25) is 0 Å². The van der Waals surface area contributed by atoms with Gasteiger partial charge >= 0.3 is 0 Å². The Kier molecular flexibility index (Phi) is 2.54. The Morgan fingerprint density at radius 2 is 2.27 bits per heavy atom. The monoisotopic (exact) mass is 208 g/mol. The van der Waals surface area contributed by atoms with Crippen LogP contribution in [0.15, 0.2) is 18.2 Å². The van der Waals surface area contributed by atoms with E-state index in [-0.39, 0.29) is 6.04 Å². The molecule has 1 aromatic carbocycles. The third-order valence-corrected chi connectivity index (χ3v) is 2.85. The number of rotatable bonds is 1. The fourth-order valence-corrected chi connectivity index (χ4v) is 1.99. The first-order chi connectivity index (χ1) is 7.13. The minimum absolute atomic E-state index is 0.241. The van der Waals surface area contributed by atoms with E-state index in [1.165, 1.54) is 0 Å². The molecule has 4 heteroatoms. The van der Waals surface area contributed by atoms with Crippen LogP contribution < -0.4 is 15.4 Å². The first-order valence-corrected chi connectivity index (χ1v) is 4.96. The molecule has 2 atom stereocenters. The summed E-state index contributed by atoms with van der Waals surface area (Å²) >= 11 is 0. The van der Waals surface area contributed by atoms with Crippen molar-refractivity contribution in [2.75, 3.05) is 25.6 Å². The minimum Gasteiger partial charge on any atom is -0.497 e. The summed E-state index contributed by atoms with van der Waals surface area (Å²) < 4.78 is 5.13. The van der Waals surface area contributed by atoms with Crippen molar-refractivity contribution in [1.82, 2.24) is 0 Å². The van der Waals surface area contributed by atoms with Crippen LogP contribution in [0, 0.1) is 0 Å². The molecule has 0 fully saturated rings. The van der Waals surface area contributed by atoms with Crippen molar-refractivity contribution in [3.05, 3.63) is 23.8 Å². The SMILES string of the molecule is COc1ccc2c(c1)[C@H](O)[C@H](N)CN2C. The lowest BCUT2D eigenvalue weighted by molar-refractivity contribution is 0.143. The van der Waals surface area contributed by atoms with Crippen LogP contribution in [0.3, 0.4) is 0 Å². The Hall–Kier alpha value is -1.26. The van der Waals surface area contributed by atoms with Gasteiger partial charge in [0.15, 0.2) is 0 Å². The molecule has 2 rings (SSSR count). The second-order valence-corrected chi connectivity index (χ2v) is 3.91. The molecule has 0 amide bonds. The zero-order valence-electron chi connectivity index (χ0n) is 8.97. The lowest BCUT2D eigenvalue weighted by Crippen LogP contribution is -2.44. The number of methoxy groups -OCH3 is 1. The van der Waals surface area contributed by atoms with Gasteiger partial charge in [-0.15, -0.1) is 0 Å². The van der Waals surface area contributed by atoms with E-state index in [1.807, 2.05) is 30.1 Å². The van der Waals surface area contributed by atoms with Crippen molar-refractivity contribution in [2.45, 2.75) is 12.1 Å². The topological polar surface area (TPSA) is 58.7 Å². The number of hydrogen-bond donors (Lipinski definition) is 2. The number of anilines is 1. The summed E-state index contributed by atoms with van der Waals surface area (Å²) in [4.78, 5) is 2.05. The normalized spacial score (nSPS) is 24.9. The van der Waals surface area contributed by atoms with E-state index in [9.17, 15) is 5.11 Å². The van der Waals surface area contributed by atoms with Gasteiger partial charge in [0, 0.05) is 24.8 Å². The van der Waals surface area contributed by atoms with Gasteiger partial charge in [-0.2, -0.15) is 0 Å². The van der Waals surface area contributed by atoms with Gasteiger partial charge in [0.25, 0.3) is 0 Å². The molecule has 0 aromatic heterocycles. The van der Waals surface area contributed by atoms with Crippen molar-refractivity contribution in [2.24, 2.45) is 5.73 Å². The number of nitrogens with two attached hydrogens (primary N) is 1. The number of fused-ring (bicyclic) bond motifs is 1. The standard InChI is InChI=1S/C11H16N2O2/c1-13-6-9(12)11(14)8-5-7(15-2)3-4-10(8)13/h3-5,9,11,14H,6,12H2,1-2H3/t9-,11+/m1/s1. The predicted octanol–water partition coefficient (Wildman–Crippen LogP) is 0.506. The molecule has 0 bridgehead atoms. The van der Waals surface area contributed by atoms with Crippen molar-refractivity contribution in [3.63, 3.8) is 0 Å². The number of ether oxygens (including phenoxy) is 1. The molecule has 0 saturated carbocycles. The zero-order valence-corrected chi connectivity index (χ0v) is 8.97. The van der Waals surface area contributed by atoms with E-state index in [4.69, 9.17) is 10.5 Å². The summed E-state index contributed by atoms with van der Waals surface area (Å²) in [5, 5.41) is 9.96. The van der Waals surface area contributed by atoms with Gasteiger partial charge in [-0.25, -0.2) is 0 Å². The van der Waals surface area contributed by atoms with E-state index >= 15 is 0 Å². The van der Waals surface area contributed by atoms with E-state index in [2.05, 4.69) is 0 Å². The number of nitrogens with zero attached hydrogens (tertiary/aromatic N) is 1. The summed E-state index contributed by atoms with van der Waals surface area (Å²) in [6.45, 7) is 0.667. The molecule has 1 heterocycles. The molecule has 1 aromatic rings. The molecule has 0 saturated heterocycles. The van der Waals surface area contributed by atoms with Crippen molar-refractivity contribution >= 4 is 5.69 Å². The van der Waals surface area contributed by atoms with Gasteiger partial charge in [0.05, 0.1) is 19.3 Å². The summed E-state index contributed by atoms with van der Waals surface area (Å²) in [5.41, 5.74) is 7.70. The average Bonchev–Trinajstić information content (AvgIpc) is 2.25. The number of aliphatic hydroxyl groups excluding tert-OH is 1. The fraction of sp³-hybridized carbons (Fsp3) is 0.455. The maximum atomic E-state index is 9.96. The predicted molar refractivity (Wildman–Crippen MR) is 59.2 cm³/mol. The van der Waals surface area contributed by atoms with Crippen LogP contribution in [0.1, 0.15) is 11.7 Å². The van der Waals surface area contributed by atoms with Crippen molar-refractivity contribution < 1.29 is 9.84 Å². The smallest absolute Gasteiger partial charge is 0.119 e. The highest BCUT2D eigenvalue weighted by Gasteiger charge is 2.28. The van der Waals surface area contributed by atoms with Crippen LogP contribution in [-0.4, -0.2) is 31.9 Å². The fourth-order valence-electron chi connectivity index (χ4n) is 1.99. The number of aliphatic hydroxyl groups is 1. The molecule has 3 N–H and O–H groups in total. The highest BCUT2D eigenvalue weighted by Crippen LogP contribution is 2.34. The van der Waals surface area contributed by atoms with Crippen LogP contribution in [0.5, 0.6) is 5.75 Å². The van der Waals surface area contributed by atoms with Crippen LogP contribution in [-0.2, 0) is 0 Å². The van der Waals surface area contributed by atoms with Crippen LogP contribution in [0.25, 0.3) is 0 Å². The molecule has 0 radical (unpaired) electrons. The molecule has 0 aliphatic carbocycles. The second-order valence-electron chi connectivity index (χ2n) is 3.91. The maximum Gasteiger partial charge on any atom is 0.119 e. The Bertz CT molecular complexity index is 368. The Morgan fingerprint density at radius 3 is 2.93 bits per heavy atom. The summed E-state index contributed by atoms with van der Waals surface area (Å²) in [6.07, 6.45) is -0.605. The van der Waals surface area contributed by atoms with Gasteiger partial charge in [-0.3, -0.25) is 0 Å². The highest BCUT2D eigenvalue weighted by molar-refractivity contribution is 5.59. The average molecular weight is 208 g/mol. The van der Waals surface area contributed by atoms with Crippen LogP contribution >= 0.6 is 0 Å². The second kappa shape index (κ2) is 3.72. The third-order valence-electron chi connectivity index (χ3n) is 2.85. The lowest BCUT2D eigenvalue weighted by atomic mass is 9.95. The molecule has 0 spiro atoms. The van der Waals surface area contributed by atoms with Crippen molar-refractivity contribution in [1.29, 1.82) is 0 Å². The molecule has 82 valence electrons. The van der Waals surface area contributed by atoms with Crippen LogP contribution in [0.4, 0.5) is 5.69 Å². The number of hydrogen-bond acceptors (Lipinski definition) is 4. The maximum absolute atomic E-state index is 9.96. The molecule has 4 nitrogen and oxygen atoms in total. The van der Waals surface area contributed by atoms with E-state index in [0.717, 1.165) is 17.0 Å². The molecule has 1 aliphatic rings. The molecule has 0 unspecified atom stereocenters. The van der Waals surface area contributed by atoms with Gasteiger partial charge < -0.3 is 20.5 Å². The summed E-state index contributed by atoms with van der Waals surface area (Å²) in [6, 6.07) is 5.44. The first kappa shape index (κ1) is 10.3. The van der Waals surface area contributed by atoms with Gasteiger partial charge in [-0.05, 0) is 18.2 Å². The van der Waals surface area contributed by atoms with Crippen LogP contribution in [0.2, 0.25) is 0 Å². The van der Waals surface area contributed by atoms with E-state index in [0.29, 0.717) is 6.54 Å². The Labute approximate surface area is 89.3 Å². The van der Waals surface area contributed by atoms with E-state index in [1.54, 1.807) is 7.11 Å². The molecular formula is C11H16N2O2. The lowest BCUT2D eigenvalue weighted by Gasteiger charge is -2.35. The van der Waals surface area contributed by atoms with Gasteiger partial charge in [0.1, 0.15) is 5.75 Å². The quantitative estimate of drug-likeness (QED) is 0.706. The largest absolute Gasteiger partial charge is 0.497 e. The van der Waals surface area contributed by atoms with Gasteiger partial charge in [-0.1, -0.05) is 0 Å². The van der Waals surface area contributed by atoms with E-state index < -0.39 is 6.10 Å². The molecule has 1 aliphatic heterocycles.